The molecule has 0 unspecified atom stereocenters. The van der Waals surface area contributed by atoms with Crippen LogP contribution >= 0.6 is 0 Å². The maximum Gasteiger partial charge on any atom is 0.227 e. The summed E-state index contributed by atoms with van der Waals surface area (Å²) in [5.74, 6) is 2.22. The van der Waals surface area contributed by atoms with E-state index in [1.54, 1.807) is 0 Å². The van der Waals surface area contributed by atoms with Crippen LogP contribution in [-0.2, 0) is 17.8 Å². The molecule has 0 bridgehead atoms. The van der Waals surface area contributed by atoms with Gasteiger partial charge < -0.3 is 14.4 Å². The van der Waals surface area contributed by atoms with Crippen LogP contribution in [0.2, 0.25) is 0 Å². The van der Waals surface area contributed by atoms with Crippen molar-refractivity contribution in [1.29, 1.82) is 0 Å². The normalized spacial score (nSPS) is 15.7. The summed E-state index contributed by atoms with van der Waals surface area (Å²) < 4.78 is 11.2. The van der Waals surface area contributed by atoms with Crippen molar-refractivity contribution in [2.75, 3.05) is 13.2 Å². The molecule has 0 radical (unpaired) electrons. The minimum atomic E-state index is 0.183. The van der Waals surface area contributed by atoms with E-state index in [-0.39, 0.29) is 5.91 Å². The van der Waals surface area contributed by atoms with Gasteiger partial charge in [-0.3, -0.25) is 4.79 Å². The number of ether oxygens (including phenoxy) is 2. The molecule has 1 saturated carbocycles. The molecule has 4 heteroatoms. The van der Waals surface area contributed by atoms with Crippen LogP contribution in [-0.4, -0.2) is 30.1 Å². The lowest BCUT2D eigenvalue weighted by atomic mass is 10.0. The first-order chi connectivity index (χ1) is 13.1. The summed E-state index contributed by atoms with van der Waals surface area (Å²) in [5, 5.41) is 0. The van der Waals surface area contributed by atoms with Crippen molar-refractivity contribution in [2.24, 2.45) is 0 Å². The van der Waals surface area contributed by atoms with Crippen LogP contribution in [0.3, 0.4) is 0 Å². The largest absolute Gasteiger partial charge is 0.486 e. The van der Waals surface area contributed by atoms with Crippen molar-refractivity contribution in [3.05, 3.63) is 59.2 Å². The molecule has 4 rings (SSSR count). The molecule has 1 fully saturated rings. The number of carbonyl (C=O) groups excluding carboxylic acids is 1. The van der Waals surface area contributed by atoms with E-state index in [0.717, 1.165) is 29.9 Å². The summed E-state index contributed by atoms with van der Waals surface area (Å²) in [4.78, 5) is 15.0. The minimum Gasteiger partial charge on any atom is -0.486 e. The van der Waals surface area contributed by atoms with Crippen molar-refractivity contribution < 1.29 is 14.3 Å². The molecule has 2 aromatic rings. The van der Waals surface area contributed by atoms with Gasteiger partial charge in [-0.2, -0.15) is 0 Å². The number of fused-ring (bicyclic) bond motifs is 1. The zero-order chi connectivity index (χ0) is 18.8. The lowest BCUT2D eigenvalue weighted by molar-refractivity contribution is -0.131. The first-order valence-electron chi connectivity index (χ1n) is 9.87. The molecule has 2 aromatic carbocycles. The van der Waals surface area contributed by atoms with Crippen LogP contribution in [0.5, 0.6) is 11.5 Å². The van der Waals surface area contributed by atoms with Crippen LogP contribution in [0.4, 0.5) is 0 Å². The molecule has 142 valence electrons. The molecule has 2 aliphatic rings. The lowest BCUT2D eigenvalue weighted by Gasteiger charge is -2.24. The molecular formula is C23H27NO3. The highest BCUT2D eigenvalue weighted by Gasteiger charge is 2.32. The van der Waals surface area contributed by atoms with Crippen molar-refractivity contribution in [3.63, 3.8) is 0 Å². The van der Waals surface area contributed by atoms with E-state index < -0.39 is 0 Å². The molecule has 1 heterocycles. The average molecular weight is 365 g/mol. The second-order valence-electron chi connectivity index (χ2n) is 7.80. The minimum absolute atomic E-state index is 0.183. The number of amides is 1. The van der Waals surface area contributed by atoms with Crippen LogP contribution in [0.25, 0.3) is 0 Å². The predicted octanol–water partition coefficient (Wildman–Crippen LogP) is 4.31. The van der Waals surface area contributed by atoms with Crippen molar-refractivity contribution >= 4 is 5.91 Å². The number of hydrogen-bond donors (Lipinski definition) is 0. The van der Waals surface area contributed by atoms with E-state index in [1.165, 1.54) is 11.1 Å². The summed E-state index contributed by atoms with van der Waals surface area (Å²) in [7, 11) is 0. The molecule has 0 aromatic heterocycles. The molecule has 0 saturated heterocycles. The lowest BCUT2D eigenvalue weighted by Crippen LogP contribution is -2.33. The van der Waals surface area contributed by atoms with E-state index in [2.05, 4.69) is 38.1 Å². The third kappa shape index (κ3) is 4.26. The highest BCUT2D eigenvalue weighted by Crippen LogP contribution is 2.32. The molecule has 1 aliphatic carbocycles. The highest BCUT2D eigenvalue weighted by atomic mass is 16.6. The Morgan fingerprint density at radius 3 is 2.33 bits per heavy atom. The van der Waals surface area contributed by atoms with Gasteiger partial charge in [-0.05, 0) is 47.6 Å². The topological polar surface area (TPSA) is 38.8 Å². The fourth-order valence-corrected chi connectivity index (χ4v) is 3.49. The van der Waals surface area contributed by atoms with Crippen LogP contribution in [0.15, 0.2) is 42.5 Å². The molecule has 0 N–H and O–H groups in total. The Morgan fingerprint density at radius 2 is 1.67 bits per heavy atom. The van der Waals surface area contributed by atoms with E-state index in [1.807, 2.05) is 23.1 Å². The Labute approximate surface area is 161 Å². The van der Waals surface area contributed by atoms with E-state index in [0.29, 0.717) is 38.1 Å². The third-order valence-corrected chi connectivity index (χ3v) is 5.27. The van der Waals surface area contributed by atoms with Crippen molar-refractivity contribution in [3.8, 4) is 11.5 Å². The highest BCUT2D eigenvalue weighted by molar-refractivity contribution is 5.79. The first-order valence-corrected chi connectivity index (χ1v) is 9.87. The fourth-order valence-electron chi connectivity index (χ4n) is 3.49. The maximum absolute atomic E-state index is 13.0. The number of rotatable bonds is 6. The zero-order valence-corrected chi connectivity index (χ0v) is 16.1. The Morgan fingerprint density at radius 1 is 1.00 bits per heavy atom. The SMILES string of the molecule is CC(C)c1ccc(CN(C(=O)Cc2ccc3c(c2)OCCO3)C2CC2)cc1. The fraction of sp³-hybridized carbons (Fsp3) is 0.435. The van der Waals surface area contributed by atoms with Gasteiger partial charge in [0.2, 0.25) is 5.91 Å². The molecule has 0 spiro atoms. The standard InChI is InChI=1S/C23H27NO3/c1-16(2)19-6-3-17(4-7-19)15-24(20-8-9-20)23(25)14-18-5-10-21-22(13-18)27-12-11-26-21/h3-7,10,13,16,20H,8-9,11-12,14-15H2,1-2H3. The molecule has 27 heavy (non-hydrogen) atoms. The zero-order valence-electron chi connectivity index (χ0n) is 16.1. The number of nitrogens with zero attached hydrogens (tertiary/aromatic N) is 1. The number of hydrogen-bond acceptors (Lipinski definition) is 3. The molecular weight excluding hydrogens is 338 g/mol. The van der Waals surface area contributed by atoms with Crippen molar-refractivity contribution in [1.82, 2.24) is 4.90 Å². The Balaban J connectivity index is 1.45. The monoisotopic (exact) mass is 365 g/mol. The van der Waals surface area contributed by atoms with Crippen LogP contribution in [0, 0.1) is 0 Å². The van der Waals surface area contributed by atoms with Gasteiger partial charge in [-0.25, -0.2) is 0 Å². The van der Waals surface area contributed by atoms with Gasteiger partial charge in [-0.1, -0.05) is 44.2 Å². The van der Waals surface area contributed by atoms with Crippen LogP contribution < -0.4 is 9.47 Å². The molecule has 1 aliphatic heterocycles. The van der Waals surface area contributed by atoms with Gasteiger partial charge in [0.25, 0.3) is 0 Å². The Hall–Kier alpha value is -2.49. The van der Waals surface area contributed by atoms with Crippen molar-refractivity contribution in [2.45, 2.75) is 51.6 Å². The summed E-state index contributed by atoms with van der Waals surface area (Å²) in [6, 6.07) is 14.9. The number of benzene rings is 2. The van der Waals surface area contributed by atoms with E-state index in [9.17, 15) is 4.79 Å². The summed E-state index contributed by atoms with van der Waals surface area (Å²) in [6.07, 6.45) is 2.62. The third-order valence-electron chi connectivity index (χ3n) is 5.27. The molecule has 1 amide bonds. The smallest absolute Gasteiger partial charge is 0.227 e. The quantitative estimate of drug-likeness (QED) is 0.765. The first kappa shape index (κ1) is 17.9. The predicted molar refractivity (Wildman–Crippen MR) is 105 cm³/mol. The van der Waals surface area contributed by atoms with Gasteiger partial charge in [-0.15, -0.1) is 0 Å². The van der Waals surface area contributed by atoms with Gasteiger partial charge in [0.15, 0.2) is 11.5 Å². The van der Waals surface area contributed by atoms with Gasteiger partial charge in [0.1, 0.15) is 13.2 Å². The molecule has 0 atom stereocenters. The van der Waals surface area contributed by atoms with Gasteiger partial charge in [0, 0.05) is 12.6 Å². The number of carbonyl (C=O) groups is 1. The van der Waals surface area contributed by atoms with Gasteiger partial charge in [0.05, 0.1) is 6.42 Å². The van der Waals surface area contributed by atoms with Crippen LogP contribution in [0.1, 0.15) is 49.3 Å². The Kier molecular flexibility index (Phi) is 5.06. The molecule has 4 nitrogen and oxygen atoms in total. The van der Waals surface area contributed by atoms with E-state index >= 15 is 0 Å². The maximum atomic E-state index is 13.0. The van der Waals surface area contributed by atoms with E-state index in [4.69, 9.17) is 9.47 Å². The summed E-state index contributed by atoms with van der Waals surface area (Å²) in [6.45, 7) is 6.22. The average Bonchev–Trinajstić information content (AvgIpc) is 3.51. The summed E-state index contributed by atoms with van der Waals surface area (Å²) >= 11 is 0. The summed E-state index contributed by atoms with van der Waals surface area (Å²) in [5.41, 5.74) is 3.51. The Bertz CT molecular complexity index is 809. The second kappa shape index (κ2) is 7.63. The van der Waals surface area contributed by atoms with Gasteiger partial charge >= 0.3 is 0 Å². The second-order valence-corrected chi connectivity index (χ2v) is 7.80.